The van der Waals surface area contributed by atoms with Crippen LogP contribution in [0.3, 0.4) is 0 Å². The van der Waals surface area contributed by atoms with E-state index in [2.05, 4.69) is 26.3 Å². The summed E-state index contributed by atoms with van der Waals surface area (Å²) in [6.07, 6.45) is 2.19. The minimum absolute atomic E-state index is 0.557. The quantitative estimate of drug-likeness (QED) is 0.665. The molecule has 12 heavy (non-hydrogen) atoms. The van der Waals surface area contributed by atoms with Gasteiger partial charge in [0, 0.05) is 0 Å². The molecule has 0 saturated carbocycles. The molecule has 0 spiro atoms. The van der Waals surface area contributed by atoms with Gasteiger partial charge in [-0.05, 0) is 24.0 Å². The fourth-order valence-corrected chi connectivity index (χ4v) is 1.16. The van der Waals surface area contributed by atoms with Crippen LogP contribution in [0.2, 0.25) is 0 Å². The Labute approximate surface area is 74.4 Å². The fourth-order valence-electron chi connectivity index (χ4n) is 1.16. The lowest BCUT2D eigenvalue weighted by Crippen LogP contribution is -1.94. The van der Waals surface area contributed by atoms with E-state index in [1.165, 1.54) is 5.56 Å². The average molecular weight is 163 g/mol. The number of benzene rings is 1. The Kier molecular flexibility index (Phi) is 3.15. The summed E-state index contributed by atoms with van der Waals surface area (Å²) in [7, 11) is 1.70. The van der Waals surface area contributed by atoms with Gasteiger partial charge in [0.1, 0.15) is 5.75 Å². The minimum Gasteiger partial charge on any atom is -0.496 e. The molecule has 0 aromatic heterocycles. The van der Waals surface area contributed by atoms with Crippen molar-refractivity contribution >= 4 is 0 Å². The van der Waals surface area contributed by atoms with Crippen LogP contribution in [0.25, 0.3) is 0 Å². The van der Waals surface area contributed by atoms with Crippen molar-refractivity contribution in [1.29, 1.82) is 0 Å². The Bertz CT molecular complexity index is 241. The molecule has 0 aliphatic rings. The molecule has 1 nitrogen and oxygen atoms in total. The standard InChI is InChI=1S/C11H15O/c1-9(2)8-10-6-4-5-7-11(10)12-3/h4-9H,1-3H3. The first-order valence-electron chi connectivity index (χ1n) is 4.22. The van der Waals surface area contributed by atoms with Gasteiger partial charge in [0.05, 0.1) is 7.11 Å². The first-order chi connectivity index (χ1) is 5.74. The third kappa shape index (κ3) is 2.26. The topological polar surface area (TPSA) is 9.23 Å². The van der Waals surface area contributed by atoms with Crippen LogP contribution >= 0.6 is 0 Å². The molecule has 0 aliphatic carbocycles. The second-order valence-electron chi connectivity index (χ2n) is 3.15. The van der Waals surface area contributed by atoms with Crippen molar-refractivity contribution in [1.82, 2.24) is 0 Å². The normalized spacial score (nSPS) is 10.3. The molecule has 0 heterocycles. The molecule has 1 aromatic rings. The third-order valence-electron chi connectivity index (χ3n) is 1.65. The van der Waals surface area contributed by atoms with Gasteiger partial charge in [-0.25, -0.2) is 0 Å². The average Bonchev–Trinajstić information content (AvgIpc) is 2.04. The highest BCUT2D eigenvalue weighted by Gasteiger charge is 2.03. The van der Waals surface area contributed by atoms with Crippen molar-refractivity contribution in [2.75, 3.05) is 7.11 Å². The third-order valence-corrected chi connectivity index (χ3v) is 1.65. The first-order valence-corrected chi connectivity index (χ1v) is 4.22. The van der Waals surface area contributed by atoms with E-state index in [0.717, 1.165) is 5.75 Å². The summed E-state index contributed by atoms with van der Waals surface area (Å²) in [6, 6.07) is 8.06. The van der Waals surface area contributed by atoms with Crippen LogP contribution in [0, 0.1) is 12.3 Å². The summed E-state index contributed by atoms with van der Waals surface area (Å²) in [5.41, 5.74) is 1.18. The van der Waals surface area contributed by atoms with E-state index in [-0.39, 0.29) is 0 Å². The first kappa shape index (κ1) is 9.11. The smallest absolute Gasteiger partial charge is 0.122 e. The summed E-state index contributed by atoms with van der Waals surface area (Å²) in [4.78, 5) is 0. The number of hydrogen-bond donors (Lipinski definition) is 0. The molecule has 1 radical (unpaired) electrons. The highest BCUT2D eigenvalue weighted by atomic mass is 16.5. The van der Waals surface area contributed by atoms with Crippen LogP contribution in [-0.4, -0.2) is 7.11 Å². The molecule has 1 heteroatoms. The van der Waals surface area contributed by atoms with Gasteiger partial charge >= 0.3 is 0 Å². The Hall–Kier alpha value is -0.980. The Morgan fingerprint density at radius 1 is 1.25 bits per heavy atom. The van der Waals surface area contributed by atoms with Crippen LogP contribution in [-0.2, 0) is 0 Å². The van der Waals surface area contributed by atoms with E-state index in [4.69, 9.17) is 4.74 Å². The lowest BCUT2D eigenvalue weighted by atomic mass is 10.0. The molecule has 0 fully saturated rings. The summed E-state index contributed by atoms with van der Waals surface area (Å²) in [5.74, 6) is 1.51. The maximum absolute atomic E-state index is 5.21. The highest BCUT2D eigenvalue weighted by molar-refractivity contribution is 5.38. The van der Waals surface area contributed by atoms with Crippen molar-refractivity contribution in [3.05, 3.63) is 36.2 Å². The Morgan fingerprint density at radius 2 is 1.92 bits per heavy atom. The van der Waals surface area contributed by atoms with Crippen molar-refractivity contribution in [2.24, 2.45) is 5.92 Å². The molecule has 1 aromatic carbocycles. The molecule has 0 aliphatic heterocycles. The molecule has 0 saturated heterocycles. The summed E-state index contributed by atoms with van der Waals surface area (Å²) in [5, 5.41) is 0. The van der Waals surface area contributed by atoms with E-state index in [9.17, 15) is 0 Å². The highest BCUT2D eigenvalue weighted by Crippen LogP contribution is 2.21. The van der Waals surface area contributed by atoms with Gasteiger partial charge in [-0.15, -0.1) is 0 Å². The van der Waals surface area contributed by atoms with Gasteiger partial charge < -0.3 is 4.74 Å². The molecular formula is C11H15O. The fraction of sp³-hybridized carbons (Fsp3) is 0.364. The van der Waals surface area contributed by atoms with Crippen molar-refractivity contribution < 1.29 is 4.74 Å². The predicted octanol–water partition coefficient (Wildman–Crippen LogP) is 2.90. The summed E-state index contributed by atoms with van der Waals surface area (Å²) >= 11 is 0. The zero-order valence-electron chi connectivity index (χ0n) is 7.87. The van der Waals surface area contributed by atoms with Gasteiger partial charge in [-0.3, -0.25) is 0 Å². The van der Waals surface area contributed by atoms with E-state index >= 15 is 0 Å². The maximum Gasteiger partial charge on any atom is 0.122 e. The molecular weight excluding hydrogens is 148 g/mol. The second-order valence-corrected chi connectivity index (χ2v) is 3.15. The molecule has 0 atom stereocenters. The van der Waals surface area contributed by atoms with Crippen molar-refractivity contribution in [2.45, 2.75) is 13.8 Å². The number of rotatable bonds is 3. The van der Waals surface area contributed by atoms with Gasteiger partial charge in [-0.2, -0.15) is 0 Å². The largest absolute Gasteiger partial charge is 0.496 e. The number of ether oxygens (including phenoxy) is 1. The lowest BCUT2D eigenvalue weighted by Gasteiger charge is -2.09. The second kappa shape index (κ2) is 4.15. The number of methoxy groups -OCH3 is 1. The van der Waals surface area contributed by atoms with Crippen LogP contribution in [0.4, 0.5) is 0 Å². The van der Waals surface area contributed by atoms with Gasteiger partial charge in [0.25, 0.3) is 0 Å². The van der Waals surface area contributed by atoms with Crippen molar-refractivity contribution in [3.63, 3.8) is 0 Å². The number of para-hydroxylation sites is 1. The van der Waals surface area contributed by atoms with E-state index in [1.807, 2.05) is 18.2 Å². The van der Waals surface area contributed by atoms with Crippen LogP contribution < -0.4 is 4.74 Å². The van der Waals surface area contributed by atoms with Crippen LogP contribution in [0.1, 0.15) is 19.4 Å². The Morgan fingerprint density at radius 3 is 2.50 bits per heavy atom. The van der Waals surface area contributed by atoms with E-state index in [0.29, 0.717) is 5.92 Å². The Balaban J connectivity index is 2.82. The monoisotopic (exact) mass is 163 g/mol. The molecule has 0 N–H and O–H groups in total. The SMILES string of the molecule is COc1ccccc1[CH]C(C)C. The van der Waals surface area contributed by atoms with Gasteiger partial charge in [0.2, 0.25) is 0 Å². The minimum atomic E-state index is 0.557. The molecule has 0 bridgehead atoms. The molecule has 65 valence electrons. The predicted molar refractivity (Wildman–Crippen MR) is 51.2 cm³/mol. The summed E-state index contributed by atoms with van der Waals surface area (Å²) < 4.78 is 5.21. The van der Waals surface area contributed by atoms with E-state index in [1.54, 1.807) is 7.11 Å². The van der Waals surface area contributed by atoms with Crippen molar-refractivity contribution in [3.8, 4) is 5.75 Å². The molecule has 0 amide bonds. The molecule has 0 unspecified atom stereocenters. The van der Waals surface area contributed by atoms with Crippen LogP contribution in [0.5, 0.6) is 5.75 Å². The number of hydrogen-bond acceptors (Lipinski definition) is 1. The lowest BCUT2D eigenvalue weighted by molar-refractivity contribution is 0.411. The zero-order chi connectivity index (χ0) is 8.97. The van der Waals surface area contributed by atoms with Gasteiger partial charge in [0.15, 0.2) is 0 Å². The molecule has 1 rings (SSSR count). The van der Waals surface area contributed by atoms with Gasteiger partial charge in [-0.1, -0.05) is 32.0 Å². The summed E-state index contributed by atoms with van der Waals surface area (Å²) in [6.45, 7) is 4.32. The van der Waals surface area contributed by atoms with E-state index < -0.39 is 0 Å². The zero-order valence-corrected chi connectivity index (χ0v) is 7.87. The van der Waals surface area contributed by atoms with Crippen LogP contribution in [0.15, 0.2) is 24.3 Å². The maximum atomic E-state index is 5.21.